The van der Waals surface area contributed by atoms with E-state index < -0.39 is 0 Å². The summed E-state index contributed by atoms with van der Waals surface area (Å²) < 4.78 is 0. The maximum Gasteiger partial charge on any atom is 0.266 e. The van der Waals surface area contributed by atoms with Crippen molar-refractivity contribution in [2.45, 2.75) is 20.3 Å². The predicted octanol–water partition coefficient (Wildman–Crippen LogP) is 0.556. The highest BCUT2D eigenvalue weighted by Gasteiger charge is 2.05. The first-order valence-corrected chi connectivity index (χ1v) is 4.15. The zero-order chi connectivity index (χ0) is 9.84. The van der Waals surface area contributed by atoms with Crippen molar-refractivity contribution < 1.29 is 4.79 Å². The van der Waals surface area contributed by atoms with Crippen LogP contribution in [0.25, 0.3) is 0 Å². The molecule has 0 aliphatic carbocycles. The fourth-order valence-electron chi connectivity index (χ4n) is 1.14. The Hall–Kier alpha value is -1.42. The van der Waals surface area contributed by atoms with Crippen LogP contribution in [0.4, 0.5) is 0 Å². The molecule has 1 rings (SSSR count). The number of nitrogen functional groups attached to an aromatic ring is 1. The number of aryl methyl sites for hydroxylation is 2. The molecule has 1 heterocycles. The topological polar surface area (TPSA) is 68.0 Å². The third-order valence-corrected chi connectivity index (χ3v) is 1.97. The maximum atomic E-state index is 11.1. The molecule has 70 valence electrons. The number of hydrogen-bond donors (Lipinski definition) is 2. The minimum atomic E-state index is -0.304. The van der Waals surface area contributed by atoms with E-state index in [9.17, 15) is 4.79 Å². The molecular formula is C9H13N3O. The van der Waals surface area contributed by atoms with Crippen molar-refractivity contribution in [1.29, 1.82) is 0 Å². The maximum absolute atomic E-state index is 11.1. The van der Waals surface area contributed by atoms with Crippen LogP contribution in [-0.4, -0.2) is 10.9 Å². The zero-order valence-corrected chi connectivity index (χ0v) is 7.79. The van der Waals surface area contributed by atoms with Crippen LogP contribution in [0, 0.1) is 6.92 Å². The number of hydrogen-bond acceptors (Lipinski definition) is 3. The van der Waals surface area contributed by atoms with Crippen molar-refractivity contribution in [3.05, 3.63) is 29.1 Å². The van der Waals surface area contributed by atoms with E-state index in [0.29, 0.717) is 5.56 Å². The molecule has 0 bridgehead atoms. The van der Waals surface area contributed by atoms with Crippen LogP contribution in [0.2, 0.25) is 0 Å². The Balaban J connectivity index is 3.06. The molecular weight excluding hydrogens is 166 g/mol. The van der Waals surface area contributed by atoms with Crippen molar-refractivity contribution in [2.75, 3.05) is 0 Å². The molecule has 1 amide bonds. The Morgan fingerprint density at radius 3 is 2.92 bits per heavy atom. The minimum Gasteiger partial charge on any atom is -0.290 e. The van der Waals surface area contributed by atoms with Gasteiger partial charge >= 0.3 is 0 Å². The number of carbonyl (C=O) groups is 1. The fourth-order valence-corrected chi connectivity index (χ4v) is 1.14. The molecule has 0 atom stereocenters. The van der Waals surface area contributed by atoms with Crippen molar-refractivity contribution in [3.63, 3.8) is 0 Å². The fraction of sp³-hybridized carbons (Fsp3) is 0.333. The number of nitrogens with two attached hydrogens (primary N) is 1. The van der Waals surface area contributed by atoms with E-state index in [0.717, 1.165) is 17.7 Å². The minimum absolute atomic E-state index is 0.304. The van der Waals surface area contributed by atoms with Crippen molar-refractivity contribution >= 4 is 5.91 Å². The summed E-state index contributed by atoms with van der Waals surface area (Å²) in [5, 5.41) is 0. The van der Waals surface area contributed by atoms with Crippen LogP contribution < -0.4 is 11.3 Å². The quantitative estimate of drug-likeness (QED) is 0.396. The summed E-state index contributed by atoms with van der Waals surface area (Å²) in [6, 6.07) is 1.81. The molecule has 0 aromatic carbocycles. The monoisotopic (exact) mass is 179 g/mol. The predicted molar refractivity (Wildman–Crippen MR) is 50.0 cm³/mol. The summed E-state index contributed by atoms with van der Waals surface area (Å²) in [5.74, 6) is 4.70. The van der Waals surface area contributed by atoms with Gasteiger partial charge in [0.15, 0.2) is 0 Å². The summed E-state index contributed by atoms with van der Waals surface area (Å²) in [6.07, 6.45) is 2.39. The second kappa shape index (κ2) is 4.00. The van der Waals surface area contributed by atoms with Gasteiger partial charge in [-0.1, -0.05) is 6.92 Å². The normalized spacial score (nSPS) is 9.77. The van der Waals surface area contributed by atoms with Gasteiger partial charge in [0.1, 0.15) is 0 Å². The second-order valence-corrected chi connectivity index (χ2v) is 2.80. The Bertz CT molecular complexity index is 323. The van der Waals surface area contributed by atoms with Crippen LogP contribution in [-0.2, 0) is 6.42 Å². The highest BCUT2D eigenvalue weighted by atomic mass is 16.2. The lowest BCUT2D eigenvalue weighted by molar-refractivity contribution is 0.0953. The summed E-state index contributed by atoms with van der Waals surface area (Å²) in [4.78, 5) is 15.2. The molecule has 0 unspecified atom stereocenters. The molecule has 1 aromatic rings. The van der Waals surface area contributed by atoms with Crippen molar-refractivity contribution in [2.24, 2.45) is 5.84 Å². The molecule has 0 aliphatic rings. The lowest BCUT2D eigenvalue weighted by Gasteiger charge is -2.04. The summed E-state index contributed by atoms with van der Waals surface area (Å²) in [7, 11) is 0. The number of rotatable bonds is 2. The molecule has 4 nitrogen and oxygen atoms in total. The van der Waals surface area contributed by atoms with Crippen LogP contribution >= 0.6 is 0 Å². The first-order chi connectivity index (χ1) is 6.19. The Morgan fingerprint density at radius 1 is 1.69 bits per heavy atom. The van der Waals surface area contributed by atoms with Gasteiger partial charge in [-0.3, -0.25) is 15.2 Å². The van der Waals surface area contributed by atoms with Gasteiger partial charge in [0, 0.05) is 11.9 Å². The third kappa shape index (κ3) is 2.03. The van der Waals surface area contributed by atoms with Gasteiger partial charge in [-0.2, -0.15) is 0 Å². The highest BCUT2D eigenvalue weighted by molar-refractivity contribution is 5.93. The molecule has 3 N–H and O–H groups in total. The number of nitrogens with zero attached hydrogens (tertiary/aromatic N) is 1. The van der Waals surface area contributed by atoms with E-state index in [1.54, 1.807) is 0 Å². The SMILES string of the molecule is CCc1cc(C(=O)NN)cnc1C. The summed E-state index contributed by atoms with van der Waals surface area (Å²) >= 11 is 0. The van der Waals surface area contributed by atoms with E-state index in [2.05, 4.69) is 10.4 Å². The third-order valence-electron chi connectivity index (χ3n) is 1.97. The molecule has 4 heteroatoms. The summed E-state index contributed by atoms with van der Waals surface area (Å²) in [5.41, 5.74) is 4.60. The van der Waals surface area contributed by atoms with Gasteiger partial charge in [-0.15, -0.1) is 0 Å². The van der Waals surface area contributed by atoms with E-state index in [-0.39, 0.29) is 5.91 Å². The van der Waals surface area contributed by atoms with Gasteiger partial charge in [0.2, 0.25) is 0 Å². The van der Waals surface area contributed by atoms with Gasteiger partial charge in [-0.25, -0.2) is 5.84 Å². The lowest BCUT2D eigenvalue weighted by Crippen LogP contribution is -2.30. The van der Waals surface area contributed by atoms with Gasteiger partial charge < -0.3 is 0 Å². The molecule has 0 radical (unpaired) electrons. The van der Waals surface area contributed by atoms with E-state index >= 15 is 0 Å². The molecule has 0 saturated carbocycles. The number of nitrogens with one attached hydrogen (secondary N) is 1. The second-order valence-electron chi connectivity index (χ2n) is 2.80. The highest BCUT2D eigenvalue weighted by Crippen LogP contribution is 2.08. The number of aromatic nitrogens is 1. The average molecular weight is 179 g/mol. The van der Waals surface area contributed by atoms with Crippen LogP contribution in [0.5, 0.6) is 0 Å². The van der Waals surface area contributed by atoms with Gasteiger partial charge in [0.25, 0.3) is 5.91 Å². The number of amides is 1. The largest absolute Gasteiger partial charge is 0.290 e. The number of carbonyl (C=O) groups excluding carboxylic acids is 1. The van der Waals surface area contributed by atoms with E-state index in [4.69, 9.17) is 5.84 Å². The Kier molecular flexibility index (Phi) is 2.97. The smallest absolute Gasteiger partial charge is 0.266 e. The lowest BCUT2D eigenvalue weighted by atomic mass is 10.1. The number of hydrazine groups is 1. The number of pyridine rings is 1. The van der Waals surface area contributed by atoms with Crippen molar-refractivity contribution in [3.8, 4) is 0 Å². The first-order valence-electron chi connectivity index (χ1n) is 4.15. The first kappa shape index (κ1) is 9.67. The van der Waals surface area contributed by atoms with Crippen LogP contribution in [0.15, 0.2) is 12.3 Å². The molecule has 1 aromatic heterocycles. The van der Waals surface area contributed by atoms with E-state index in [1.807, 2.05) is 19.9 Å². The van der Waals surface area contributed by atoms with Crippen LogP contribution in [0.1, 0.15) is 28.5 Å². The molecule has 0 fully saturated rings. The zero-order valence-electron chi connectivity index (χ0n) is 7.79. The van der Waals surface area contributed by atoms with E-state index in [1.165, 1.54) is 6.20 Å². The molecule has 0 spiro atoms. The standard InChI is InChI=1S/C9H13N3O/c1-3-7-4-8(9(13)12-10)5-11-6(7)2/h4-5H,3,10H2,1-2H3,(H,12,13). The Labute approximate surface area is 77.1 Å². The summed E-state index contributed by atoms with van der Waals surface area (Å²) in [6.45, 7) is 3.94. The van der Waals surface area contributed by atoms with Crippen molar-refractivity contribution in [1.82, 2.24) is 10.4 Å². The Morgan fingerprint density at radius 2 is 2.38 bits per heavy atom. The molecule has 0 saturated heterocycles. The average Bonchev–Trinajstić information content (AvgIpc) is 2.17. The van der Waals surface area contributed by atoms with Gasteiger partial charge in [0.05, 0.1) is 5.56 Å². The molecule has 13 heavy (non-hydrogen) atoms. The van der Waals surface area contributed by atoms with Gasteiger partial charge in [-0.05, 0) is 25.0 Å². The van der Waals surface area contributed by atoms with Crippen LogP contribution in [0.3, 0.4) is 0 Å². The molecule has 0 aliphatic heterocycles.